The van der Waals surface area contributed by atoms with Crippen LogP contribution in [0.2, 0.25) is 0 Å². The van der Waals surface area contributed by atoms with E-state index in [1.54, 1.807) is 26.1 Å². The molecule has 0 aliphatic carbocycles. The van der Waals surface area contributed by atoms with Crippen LogP contribution in [0.5, 0.6) is 0 Å². The maximum absolute atomic E-state index is 13.5. The van der Waals surface area contributed by atoms with Crippen LogP contribution in [0.1, 0.15) is 32.9 Å². The molecule has 0 saturated carbocycles. The Hall–Kier alpha value is -2.90. The van der Waals surface area contributed by atoms with Crippen molar-refractivity contribution in [3.63, 3.8) is 0 Å². The van der Waals surface area contributed by atoms with E-state index in [2.05, 4.69) is 26.0 Å². The van der Waals surface area contributed by atoms with E-state index in [0.29, 0.717) is 36.7 Å². The highest BCUT2D eigenvalue weighted by Gasteiger charge is 2.10. The highest BCUT2D eigenvalue weighted by molar-refractivity contribution is 5.94. The molecule has 1 aromatic heterocycles. The molecule has 1 amide bonds. The summed E-state index contributed by atoms with van der Waals surface area (Å²) in [5.74, 6) is -0.0556. The Morgan fingerprint density at radius 2 is 1.89 bits per heavy atom. The van der Waals surface area contributed by atoms with Crippen molar-refractivity contribution in [3.05, 3.63) is 52.1 Å². The molecule has 146 valence electrons. The number of nitrogens with zero attached hydrogens (tertiary/aromatic N) is 3. The van der Waals surface area contributed by atoms with Gasteiger partial charge in [0.15, 0.2) is 5.96 Å². The quantitative estimate of drug-likeness (QED) is 0.407. The third kappa shape index (κ3) is 5.29. The first-order valence-corrected chi connectivity index (χ1v) is 8.81. The number of hydrogen-bond acceptors (Lipinski definition) is 3. The van der Waals surface area contributed by atoms with Crippen molar-refractivity contribution in [3.8, 4) is 0 Å². The van der Waals surface area contributed by atoms with E-state index in [1.807, 2.05) is 25.6 Å². The lowest BCUT2D eigenvalue weighted by Gasteiger charge is -2.13. The first-order chi connectivity index (χ1) is 12.8. The lowest BCUT2D eigenvalue weighted by Crippen LogP contribution is -2.41. The van der Waals surface area contributed by atoms with Gasteiger partial charge in [-0.05, 0) is 38.5 Å². The second kappa shape index (κ2) is 9.16. The van der Waals surface area contributed by atoms with Gasteiger partial charge < -0.3 is 16.0 Å². The minimum Gasteiger partial charge on any atom is -0.355 e. The third-order valence-electron chi connectivity index (χ3n) is 4.45. The minimum absolute atomic E-state index is 0.305. The van der Waals surface area contributed by atoms with Crippen LogP contribution in [0.3, 0.4) is 0 Å². The molecule has 0 aliphatic heterocycles. The lowest BCUT2D eigenvalue weighted by molar-refractivity contribution is 0.0954. The Labute approximate surface area is 159 Å². The fraction of sp³-hybridized carbons (Fsp3) is 0.421. The predicted octanol–water partition coefficient (Wildman–Crippen LogP) is 1.58. The second-order valence-electron chi connectivity index (χ2n) is 6.35. The van der Waals surface area contributed by atoms with Gasteiger partial charge in [0.25, 0.3) is 5.91 Å². The van der Waals surface area contributed by atoms with Gasteiger partial charge in [-0.3, -0.25) is 14.5 Å². The SMILES string of the molecule is CN=C(NCCNC(=O)c1ccc(C)c(F)c1)NCc1c(C)nn(C)c1C. The minimum atomic E-state index is -0.383. The van der Waals surface area contributed by atoms with Gasteiger partial charge in [0.05, 0.1) is 5.69 Å². The summed E-state index contributed by atoms with van der Waals surface area (Å²) in [6.07, 6.45) is 0. The second-order valence-corrected chi connectivity index (χ2v) is 6.35. The molecule has 27 heavy (non-hydrogen) atoms. The zero-order chi connectivity index (χ0) is 20.0. The molecule has 0 radical (unpaired) electrons. The van der Waals surface area contributed by atoms with Gasteiger partial charge in [-0.1, -0.05) is 6.07 Å². The molecular formula is C19H27FN6O. The van der Waals surface area contributed by atoms with Gasteiger partial charge in [-0.25, -0.2) is 4.39 Å². The summed E-state index contributed by atoms with van der Waals surface area (Å²) in [4.78, 5) is 16.2. The molecule has 0 spiro atoms. The van der Waals surface area contributed by atoms with Gasteiger partial charge in [-0.15, -0.1) is 0 Å². The highest BCUT2D eigenvalue weighted by Crippen LogP contribution is 2.11. The van der Waals surface area contributed by atoms with Crippen molar-refractivity contribution in [1.82, 2.24) is 25.7 Å². The fourth-order valence-electron chi connectivity index (χ4n) is 2.66. The maximum Gasteiger partial charge on any atom is 0.251 e. The van der Waals surface area contributed by atoms with Crippen LogP contribution in [0.4, 0.5) is 4.39 Å². The van der Waals surface area contributed by atoms with Crippen LogP contribution in [-0.2, 0) is 13.6 Å². The van der Waals surface area contributed by atoms with Gasteiger partial charge in [0.2, 0.25) is 0 Å². The monoisotopic (exact) mass is 374 g/mol. The number of carbonyl (C=O) groups is 1. The number of benzene rings is 1. The van der Waals surface area contributed by atoms with E-state index in [4.69, 9.17) is 0 Å². The summed E-state index contributed by atoms with van der Waals surface area (Å²) in [6, 6.07) is 4.45. The van der Waals surface area contributed by atoms with Crippen molar-refractivity contribution in [2.45, 2.75) is 27.3 Å². The molecule has 0 aliphatic rings. The molecule has 1 heterocycles. The maximum atomic E-state index is 13.5. The predicted molar refractivity (Wildman–Crippen MR) is 104 cm³/mol. The number of hydrogen-bond donors (Lipinski definition) is 3. The number of aliphatic imine (C=N–C) groups is 1. The molecule has 3 N–H and O–H groups in total. The number of nitrogens with one attached hydrogen (secondary N) is 3. The summed E-state index contributed by atoms with van der Waals surface area (Å²) in [6.45, 7) is 7.15. The number of amides is 1. The number of carbonyl (C=O) groups excluding carboxylic acids is 1. The smallest absolute Gasteiger partial charge is 0.251 e. The summed E-state index contributed by atoms with van der Waals surface area (Å²) in [7, 11) is 3.60. The number of halogens is 1. The first-order valence-electron chi connectivity index (χ1n) is 8.81. The van der Waals surface area contributed by atoms with Crippen LogP contribution in [0, 0.1) is 26.6 Å². The molecule has 2 aromatic rings. The summed E-state index contributed by atoms with van der Waals surface area (Å²) >= 11 is 0. The van der Waals surface area contributed by atoms with Crippen molar-refractivity contribution in [1.29, 1.82) is 0 Å². The third-order valence-corrected chi connectivity index (χ3v) is 4.45. The van der Waals surface area contributed by atoms with E-state index < -0.39 is 0 Å². The largest absolute Gasteiger partial charge is 0.355 e. The Morgan fingerprint density at radius 3 is 2.48 bits per heavy atom. The summed E-state index contributed by atoms with van der Waals surface area (Å²) in [5.41, 5.74) is 4.05. The Morgan fingerprint density at radius 1 is 1.19 bits per heavy atom. The molecule has 0 atom stereocenters. The Bertz CT molecular complexity index is 843. The van der Waals surface area contributed by atoms with Crippen LogP contribution in [-0.4, -0.2) is 41.8 Å². The van der Waals surface area contributed by atoms with E-state index in [9.17, 15) is 9.18 Å². The van der Waals surface area contributed by atoms with Crippen LogP contribution >= 0.6 is 0 Å². The standard InChI is InChI=1S/C19H27FN6O/c1-12-6-7-15(10-17(12)20)18(27)22-8-9-23-19(21-4)24-11-16-13(2)25-26(5)14(16)3/h6-7,10H,8-9,11H2,1-5H3,(H,22,27)(H2,21,23,24). The molecule has 0 unspecified atom stereocenters. The van der Waals surface area contributed by atoms with E-state index in [-0.39, 0.29) is 11.7 Å². The van der Waals surface area contributed by atoms with E-state index in [0.717, 1.165) is 17.0 Å². The highest BCUT2D eigenvalue weighted by atomic mass is 19.1. The lowest BCUT2D eigenvalue weighted by atomic mass is 10.1. The van der Waals surface area contributed by atoms with E-state index in [1.165, 1.54) is 6.07 Å². The van der Waals surface area contributed by atoms with Crippen molar-refractivity contribution in [2.24, 2.45) is 12.0 Å². The molecule has 7 nitrogen and oxygen atoms in total. The number of aromatic nitrogens is 2. The van der Waals surface area contributed by atoms with Gasteiger partial charge in [0.1, 0.15) is 5.82 Å². The molecule has 0 bridgehead atoms. The average Bonchev–Trinajstić information content (AvgIpc) is 2.88. The van der Waals surface area contributed by atoms with Crippen LogP contribution < -0.4 is 16.0 Å². The topological polar surface area (TPSA) is 83.3 Å². The average molecular weight is 374 g/mol. The van der Waals surface area contributed by atoms with Crippen molar-refractivity contribution < 1.29 is 9.18 Å². The Kier molecular flexibility index (Phi) is 6.92. The molecule has 0 fully saturated rings. The molecule has 2 rings (SSSR count). The zero-order valence-electron chi connectivity index (χ0n) is 16.5. The Balaban J connectivity index is 1.77. The van der Waals surface area contributed by atoms with Crippen molar-refractivity contribution in [2.75, 3.05) is 20.1 Å². The number of aryl methyl sites for hydroxylation is 3. The molecule has 0 saturated heterocycles. The van der Waals surface area contributed by atoms with Crippen LogP contribution in [0.15, 0.2) is 23.2 Å². The molecule has 1 aromatic carbocycles. The zero-order valence-corrected chi connectivity index (χ0v) is 16.5. The fourth-order valence-corrected chi connectivity index (χ4v) is 2.66. The molecule has 8 heteroatoms. The van der Waals surface area contributed by atoms with Crippen molar-refractivity contribution >= 4 is 11.9 Å². The summed E-state index contributed by atoms with van der Waals surface area (Å²) < 4.78 is 15.4. The van der Waals surface area contributed by atoms with Gasteiger partial charge in [-0.2, -0.15) is 5.10 Å². The number of rotatable bonds is 6. The van der Waals surface area contributed by atoms with Crippen LogP contribution in [0.25, 0.3) is 0 Å². The van der Waals surface area contributed by atoms with Gasteiger partial charge in [0, 0.05) is 50.6 Å². The first kappa shape index (κ1) is 20.4. The van der Waals surface area contributed by atoms with E-state index >= 15 is 0 Å². The number of guanidine groups is 1. The van der Waals surface area contributed by atoms with Gasteiger partial charge >= 0.3 is 0 Å². The molecular weight excluding hydrogens is 347 g/mol. The summed E-state index contributed by atoms with van der Waals surface area (Å²) in [5, 5.41) is 13.5. The normalized spacial score (nSPS) is 11.4.